The molecular formula is C8H8Cl2N4O. The van der Waals surface area contributed by atoms with Crippen molar-refractivity contribution in [3.63, 3.8) is 0 Å². The molecule has 80 valence electrons. The molecule has 0 spiro atoms. The number of fused-ring (bicyclic) bond motifs is 1. The predicted octanol–water partition coefficient (Wildman–Crippen LogP) is 1.52. The molecule has 0 amide bonds. The van der Waals surface area contributed by atoms with Crippen molar-refractivity contribution in [1.29, 1.82) is 0 Å². The molecule has 2 rings (SSSR count). The highest BCUT2D eigenvalue weighted by Crippen LogP contribution is 2.21. The average molecular weight is 247 g/mol. The van der Waals surface area contributed by atoms with Gasteiger partial charge in [-0.1, -0.05) is 11.6 Å². The van der Waals surface area contributed by atoms with Gasteiger partial charge < -0.3 is 5.11 Å². The number of rotatable bonds is 3. The van der Waals surface area contributed by atoms with Gasteiger partial charge in [-0.15, -0.1) is 0 Å². The minimum atomic E-state index is 0.0956. The molecule has 2 aromatic heterocycles. The van der Waals surface area contributed by atoms with Gasteiger partial charge in [-0.05, 0) is 18.0 Å². The minimum absolute atomic E-state index is 0.0956. The summed E-state index contributed by atoms with van der Waals surface area (Å²) in [5, 5.41) is 13.9. The molecule has 0 atom stereocenters. The smallest absolute Gasteiger partial charge is 0.225 e. The van der Waals surface area contributed by atoms with Gasteiger partial charge in [0.25, 0.3) is 0 Å². The fourth-order valence-electron chi connectivity index (χ4n) is 1.28. The number of hydrogen-bond donors (Lipinski definition) is 1. The molecule has 0 bridgehead atoms. The summed E-state index contributed by atoms with van der Waals surface area (Å²) in [6, 6.07) is 0. The highest BCUT2D eigenvalue weighted by molar-refractivity contribution is 6.35. The third-order valence-corrected chi connectivity index (χ3v) is 2.41. The molecule has 2 aromatic rings. The van der Waals surface area contributed by atoms with Gasteiger partial charge in [0.2, 0.25) is 5.28 Å². The van der Waals surface area contributed by atoms with Crippen LogP contribution in [0.2, 0.25) is 10.4 Å². The van der Waals surface area contributed by atoms with Gasteiger partial charge in [0.1, 0.15) is 5.15 Å². The predicted molar refractivity (Wildman–Crippen MR) is 57.0 cm³/mol. The van der Waals surface area contributed by atoms with E-state index >= 15 is 0 Å². The third kappa shape index (κ3) is 2.04. The van der Waals surface area contributed by atoms with Gasteiger partial charge >= 0.3 is 0 Å². The molecule has 2 heterocycles. The van der Waals surface area contributed by atoms with Crippen molar-refractivity contribution >= 4 is 34.2 Å². The van der Waals surface area contributed by atoms with E-state index in [1.165, 1.54) is 0 Å². The lowest BCUT2D eigenvalue weighted by molar-refractivity contribution is 0.278. The first-order chi connectivity index (χ1) is 7.22. The number of aliphatic hydroxyl groups is 1. The van der Waals surface area contributed by atoms with E-state index in [1.54, 1.807) is 10.9 Å². The average Bonchev–Trinajstić information content (AvgIpc) is 2.58. The highest BCUT2D eigenvalue weighted by atomic mass is 35.5. The first-order valence-electron chi connectivity index (χ1n) is 4.38. The molecular weight excluding hydrogens is 239 g/mol. The number of aryl methyl sites for hydroxylation is 1. The summed E-state index contributed by atoms with van der Waals surface area (Å²) in [4.78, 5) is 7.85. The molecule has 0 unspecified atom stereocenters. The van der Waals surface area contributed by atoms with Crippen molar-refractivity contribution in [3.8, 4) is 0 Å². The van der Waals surface area contributed by atoms with Crippen LogP contribution in [0.5, 0.6) is 0 Å². The zero-order chi connectivity index (χ0) is 10.8. The number of halogens is 2. The van der Waals surface area contributed by atoms with Gasteiger partial charge in [0.15, 0.2) is 5.65 Å². The van der Waals surface area contributed by atoms with Gasteiger partial charge in [0, 0.05) is 13.2 Å². The lowest BCUT2D eigenvalue weighted by atomic mass is 10.4. The molecule has 5 nitrogen and oxygen atoms in total. The Morgan fingerprint density at radius 1 is 1.33 bits per heavy atom. The monoisotopic (exact) mass is 246 g/mol. The maximum Gasteiger partial charge on any atom is 0.225 e. The zero-order valence-corrected chi connectivity index (χ0v) is 9.20. The molecule has 15 heavy (non-hydrogen) atoms. The van der Waals surface area contributed by atoms with Crippen LogP contribution in [-0.4, -0.2) is 31.5 Å². The molecule has 0 fully saturated rings. The van der Waals surface area contributed by atoms with Crippen LogP contribution >= 0.6 is 23.2 Å². The van der Waals surface area contributed by atoms with Crippen LogP contribution in [0.1, 0.15) is 6.42 Å². The van der Waals surface area contributed by atoms with Crippen molar-refractivity contribution < 1.29 is 5.11 Å². The number of hydrogen-bond acceptors (Lipinski definition) is 4. The van der Waals surface area contributed by atoms with Crippen molar-refractivity contribution in [3.05, 3.63) is 16.6 Å². The molecule has 0 aliphatic heterocycles. The molecule has 0 aromatic carbocycles. The Bertz CT molecular complexity index is 485. The standard InChI is InChI=1S/C8H8Cl2N4O/c9-6-5-4-11-14(2-1-3-15)7(5)13-8(10)12-6/h4,15H,1-3H2. The van der Waals surface area contributed by atoms with Gasteiger partial charge in [-0.25, -0.2) is 9.67 Å². The second-order valence-electron chi connectivity index (χ2n) is 2.97. The summed E-state index contributed by atoms with van der Waals surface area (Å²) in [5.74, 6) is 0. The quantitative estimate of drug-likeness (QED) is 0.659. The Balaban J connectivity index is 2.49. The lowest BCUT2D eigenvalue weighted by Gasteiger charge is -2.01. The number of aliphatic hydroxyl groups excluding tert-OH is 1. The maximum atomic E-state index is 8.72. The van der Waals surface area contributed by atoms with Crippen molar-refractivity contribution in [2.24, 2.45) is 0 Å². The molecule has 7 heteroatoms. The van der Waals surface area contributed by atoms with Crippen molar-refractivity contribution in [1.82, 2.24) is 19.7 Å². The summed E-state index contributed by atoms with van der Waals surface area (Å²) in [6.07, 6.45) is 2.20. The van der Waals surface area contributed by atoms with E-state index in [-0.39, 0.29) is 11.9 Å². The van der Waals surface area contributed by atoms with Crippen LogP contribution in [0.4, 0.5) is 0 Å². The van der Waals surface area contributed by atoms with E-state index in [9.17, 15) is 0 Å². The topological polar surface area (TPSA) is 63.8 Å². The van der Waals surface area contributed by atoms with Crippen LogP contribution < -0.4 is 0 Å². The molecule has 0 aliphatic rings. The highest BCUT2D eigenvalue weighted by Gasteiger charge is 2.09. The Morgan fingerprint density at radius 2 is 2.13 bits per heavy atom. The lowest BCUT2D eigenvalue weighted by Crippen LogP contribution is -2.03. The van der Waals surface area contributed by atoms with Crippen molar-refractivity contribution in [2.75, 3.05) is 6.61 Å². The van der Waals surface area contributed by atoms with E-state index in [0.717, 1.165) is 0 Å². The van der Waals surface area contributed by atoms with Crippen LogP contribution in [0, 0.1) is 0 Å². The van der Waals surface area contributed by atoms with E-state index in [1.807, 2.05) is 0 Å². The fraction of sp³-hybridized carbons (Fsp3) is 0.375. The largest absolute Gasteiger partial charge is 0.396 e. The Hall–Kier alpha value is -0.910. The van der Waals surface area contributed by atoms with E-state index < -0.39 is 0 Å². The van der Waals surface area contributed by atoms with Crippen LogP contribution in [-0.2, 0) is 6.54 Å². The maximum absolute atomic E-state index is 8.72. The van der Waals surface area contributed by atoms with E-state index in [2.05, 4.69) is 15.1 Å². The van der Waals surface area contributed by atoms with Gasteiger partial charge in [0.05, 0.1) is 11.6 Å². The van der Waals surface area contributed by atoms with E-state index in [4.69, 9.17) is 28.3 Å². The second kappa shape index (κ2) is 4.30. The molecule has 0 saturated heterocycles. The second-order valence-corrected chi connectivity index (χ2v) is 3.66. The molecule has 0 aliphatic carbocycles. The summed E-state index contributed by atoms with van der Waals surface area (Å²) < 4.78 is 1.64. The number of aromatic nitrogens is 4. The third-order valence-electron chi connectivity index (χ3n) is 1.95. The van der Waals surface area contributed by atoms with Gasteiger partial charge in [-0.2, -0.15) is 10.1 Å². The Morgan fingerprint density at radius 3 is 2.87 bits per heavy atom. The molecule has 0 radical (unpaired) electrons. The SMILES string of the molecule is OCCCn1ncc2c(Cl)nc(Cl)nc21. The minimum Gasteiger partial charge on any atom is -0.396 e. The first kappa shape index (κ1) is 10.6. The van der Waals surface area contributed by atoms with Gasteiger partial charge in [-0.3, -0.25) is 0 Å². The Kier molecular flexibility index (Phi) is 3.04. The summed E-state index contributed by atoms with van der Waals surface area (Å²) in [7, 11) is 0. The fourth-order valence-corrected chi connectivity index (χ4v) is 1.70. The molecule has 0 saturated carbocycles. The van der Waals surface area contributed by atoms with Crippen LogP contribution in [0.15, 0.2) is 6.20 Å². The normalized spacial score (nSPS) is 11.1. The zero-order valence-electron chi connectivity index (χ0n) is 7.69. The summed E-state index contributed by atoms with van der Waals surface area (Å²) >= 11 is 11.6. The van der Waals surface area contributed by atoms with Crippen molar-refractivity contribution in [2.45, 2.75) is 13.0 Å². The molecule has 1 N–H and O–H groups in total. The number of nitrogens with zero attached hydrogens (tertiary/aromatic N) is 4. The van der Waals surface area contributed by atoms with E-state index in [0.29, 0.717) is 29.2 Å². The van der Waals surface area contributed by atoms with Crippen LogP contribution in [0.25, 0.3) is 11.0 Å². The first-order valence-corrected chi connectivity index (χ1v) is 5.13. The summed E-state index contributed by atoms with van der Waals surface area (Å²) in [5.41, 5.74) is 0.591. The summed E-state index contributed by atoms with van der Waals surface area (Å²) in [6.45, 7) is 0.678. The Labute approximate surface area is 95.7 Å². The van der Waals surface area contributed by atoms with Crippen LogP contribution in [0.3, 0.4) is 0 Å².